The van der Waals surface area contributed by atoms with Crippen molar-refractivity contribution in [1.82, 2.24) is 5.32 Å². The van der Waals surface area contributed by atoms with Crippen LogP contribution in [0, 0.1) is 11.2 Å². The second-order valence-corrected chi connectivity index (χ2v) is 12.1. The largest absolute Gasteiger partial charge is 0.325 e. The van der Waals surface area contributed by atoms with Crippen molar-refractivity contribution in [1.29, 1.82) is 0 Å². The molecule has 2 amide bonds. The molecule has 2 aliphatic rings. The van der Waals surface area contributed by atoms with E-state index < -0.39 is 17.3 Å². The molecule has 3 unspecified atom stereocenters. The van der Waals surface area contributed by atoms with E-state index in [-0.39, 0.29) is 40.5 Å². The Bertz CT molecular complexity index is 1480. The minimum Gasteiger partial charge on any atom is -0.325 e. The number of ketones is 1. The fourth-order valence-corrected chi connectivity index (χ4v) is 5.94. The van der Waals surface area contributed by atoms with Gasteiger partial charge in [0, 0.05) is 28.5 Å². The summed E-state index contributed by atoms with van der Waals surface area (Å²) in [5.74, 6) is -1.02. The van der Waals surface area contributed by atoms with Gasteiger partial charge in [0.15, 0.2) is 5.78 Å². The van der Waals surface area contributed by atoms with Crippen molar-refractivity contribution in [2.75, 3.05) is 10.6 Å². The number of rotatable bonds is 5. The molecule has 1 fully saturated rings. The maximum absolute atomic E-state index is 14.9. The van der Waals surface area contributed by atoms with E-state index in [2.05, 4.69) is 36.7 Å². The number of carbonyl (C=O) groups is 3. The molecule has 3 N–H and O–H groups in total. The lowest BCUT2D eigenvalue weighted by Crippen LogP contribution is -2.48. The van der Waals surface area contributed by atoms with E-state index in [1.54, 1.807) is 48.5 Å². The molecular weight excluding hydrogens is 517 g/mol. The van der Waals surface area contributed by atoms with Gasteiger partial charge >= 0.3 is 0 Å². The number of hydrogen-bond acceptors (Lipinski definition) is 4. The van der Waals surface area contributed by atoms with Crippen molar-refractivity contribution in [2.45, 2.75) is 58.0 Å². The van der Waals surface area contributed by atoms with Crippen LogP contribution in [-0.2, 0) is 15.0 Å². The van der Waals surface area contributed by atoms with Crippen LogP contribution in [0.1, 0.15) is 56.5 Å². The number of nitrogens with one attached hydrogen (secondary N) is 3. The summed E-state index contributed by atoms with van der Waals surface area (Å²) >= 11 is 6.05. The molecule has 6 nitrogen and oxygen atoms in total. The summed E-state index contributed by atoms with van der Waals surface area (Å²) in [6, 6.07) is 16.0. The minimum atomic E-state index is -1.02. The molecule has 3 aromatic carbocycles. The quantitative estimate of drug-likeness (QED) is 0.325. The van der Waals surface area contributed by atoms with Crippen molar-refractivity contribution in [3.05, 3.63) is 82.6 Å². The van der Waals surface area contributed by atoms with E-state index >= 15 is 0 Å². The zero-order valence-electron chi connectivity index (χ0n) is 22.3. The Morgan fingerprint density at radius 3 is 2.49 bits per heavy atom. The lowest BCUT2D eigenvalue weighted by molar-refractivity contribution is -0.121. The molecule has 0 saturated carbocycles. The van der Waals surface area contributed by atoms with Crippen LogP contribution >= 0.6 is 11.6 Å². The molecule has 8 heteroatoms. The van der Waals surface area contributed by atoms with Gasteiger partial charge in [0.25, 0.3) is 0 Å². The van der Waals surface area contributed by atoms with Gasteiger partial charge in [0.05, 0.1) is 16.5 Å². The Hall–Kier alpha value is -3.55. The summed E-state index contributed by atoms with van der Waals surface area (Å²) in [7, 11) is 0. The predicted molar refractivity (Wildman–Crippen MR) is 152 cm³/mol. The smallest absolute Gasteiger partial charge is 0.241 e. The maximum Gasteiger partial charge on any atom is 0.241 e. The number of carbonyl (C=O) groups excluding carboxylic acids is 3. The molecule has 39 heavy (non-hydrogen) atoms. The van der Waals surface area contributed by atoms with Crippen LogP contribution in [0.5, 0.6) is 0 Å². The minimum absolute atomic E-state index is 0.0260. The van der Waals surface area contributed by atoms with Gasteiger partial charge in [-0.25, -0.2) is 4.39 Å². The van der Waals surface area contributed by atoms with E-state index in [0.717, 1.165) is 5.56 Å². The highest BCUT2D eigenvalue weighted by atomic mass is 35.5. The molecular formula is C31H31ClFN3O3. The summed E-state index contributed by atoms with van der Waals surface area (Å²) < 4.78 is 14.9. The lowest BCUT2D eigenvalue weighted by Gasteiger charge is -2.33. The lowest BCUT2D eigenvalue weighted by atomic mass is 9.69. The molecule has 2 heterocycles. The fraction of sp³-hybridized carbons (Fsp3) is 0.323. The van der Waals surface area contributed by atoms with Gasteiger partial charge in [-0.15, -0.1) is 0 Å². The molecule has 1 saturated heterocycles. The normalized spacial score (nSPS) is 22.1. The molecule has 2 aliphatic heterocycles. The third kappa shape index (κ3) is 4.97. The van der Waals surface area contributed by atoms with Gasteiger partial charge in [-0.3, -0.25) is 14.4 Å². The van der Waals surface area contributed by atoms with Crippen LogP contribution in [0.15, 0.2) is 60.7 Å². The summed E-state index contributed by atoms with van der Waals surface area (Å²) in [5.41, 5.74) is 2.32. The zero-order chi connectivity index (χ0) is 28.1. The molecule has 0 radical (unpaired) electrons. The predicted octanol–water partition coefficient (Wildman–Crippen LogP) is 6.34. The maximum atomic E-state index is 14.9. The highest BCUT2D eigenvalue weighted by Gasteiger charge is 2.59. The Morgan fingerprint density at radius 1 is 1.10 bits per heavy atom. The SMILES string of the molecule is CC(=O)c1ccc(NC(=O)C2CC3(C(=O)Nc4ccc(-c5cccc(Cl)c5F)cc43)C(CC(C)(C)C)N2)cc1. The molecule has 0 aromatic heterocycles. The Labute approximate surface area is 232 Å². The molecule has 3 atom stereocenters. The average molecular weight is 548 g/mol. The molecule has 202 valence electrons. The third-order valence-electron chi connectivity index (χ3n) is 7.63. The Morgan fingerprint density at radius 2 is 1.82 bits per heavy atom. The summed E-state index contributed by atoms with van der Waals surface area (Å²) in [6.07, 6.45) is 0.873. The zero-order valence-corrected chi connectivity index (χ0v) is 23.1. The van der Waals surface area contributed by atoms with E-state index in [9.17, 15) is 18.8 Å². The number of benzene rings is 3. The molecule has 0 aliphatic carbocycles. The second kappa shape index (κ2) is 9.88. The van der Waals surface area contributed by atoms with Crippen LogP contribution in [0.2, 0.25) is 5.02 Å². The Kier molecular flexibility index (Phi) is 6.85. The van der Waals surface area contributed by atoms with Crippen LogP contribution in [-0.4, -0.2) is 29.7 Å². The van der Waals surface area contributed by atoms with Crippen molar-refractivity contribution >= 4 is 40.6 Å². The first-order valence-corrected chi connectivity index (χ1v) is 13.4. The van der Waals surface area contributed by atoms with E-state index in [1.807, 2.05) is 6.07 Å². The number of Topliss-reactive ketones (excluding diaryl/α,β-unsaturated/α-hetero) is 1. The third-order valence-corrected chi connectivity index (χ3v) is 7.92. The fourth-order valence-electron chi connectivity index (χ4n) is 5.76. The molecule has 1 spiro atoms. The van der Waals surface area contributed by atoms with Crippen LogP contribution in [0.25, 0.3) is 11.1 Å². The first kappa shape index (κ1) is 27.0. The van der Waals surface area contributed by atoms with E-state index in [0.29, 0.717) is 34.5 Å². The van der Waals surface area contributed by atoms with Crippen molar-refractivity contribution in [3.63, 3.8) is 0 Å². The van der Waals surface area contributed by atoms with E-state index in [4.69, 9.17) is 11.6 Å². The highest BCUT2D eigenvalue weighted by Crippen LogP contribution is 2.50. The van der Waals surface area contributed by atoms with E-state index in [1.165, 1.54) is 13.0 Å². The summed E-state index contributed by atoms with van der Waals surface area (Å²) in [6.45, 7) is 7.77. The molecule has 0 bridgehead atoms. The van der Waals surface area contributed by atoms with Crippen LogP contribution < -0.4 is 16.0 Å². The number of halogens is 2. The van der Waals surface area contributed by atoms with Crippen molar-refractivity contribution in [3.8, 4) is 11.1 Å². The summed E-state index contributed by atoms with van der Waals surface area (Å²) in [4.78, 5) is 38.8. The first-order valence-electron chi connectivity index (χ1n) is 13.0. The summed E-state index contributed by atoms with van der Waals surface area (Å²) in [5, 5.41) is 9.42. The van der Waals surface area contributed by atoms with Gasteiger partial charge in [-0.2, -0.15) is 0 Å². The topological polar surface area (TPSA) is 87.3 Å². The van der Waals surface area contributed by atoms with Crippen LogP contribution in [0.3, 0.4) is 0 Å². The van der Waals surface area contributed by atoms with Gasteiger partial charge in [0.2, 0.25) is 11.8 Å². The number of hydrogen-bond donors (Lipinski definition) is 3. The number of fused-ring (bicyclic) bond motifs is 2. The molecule has 5 rings (SSSR count). The van der Waals surface area contributed by atoms with Crippen molar-refractivity contribution < 1.29 is 18.8 Å². The average Bonchev–Trinajstić information content (AvgIpc) is 3.38. The van der Waals surface area contributed by atoms with Gasteiger partial charge < -0.3 is 16.0 Å². The van der Waals surface area contributed by atoms with Gasteiger partial charge in [-0.1, -0.05) is 50.6 Å². The number of amides is 2. The van der Waals surface area contributed by atoms with Gasteiger partial charge in [0.1, 0.15) is 5.82 Å². The first-order chi connectivity index (χ1) is 18.4. The Balaban J connectivity index is 1.52. The highest BCUT2D eigenvalue weighted by molar-refractivity contribution is 6.31. The van der Waals surface area contributed by atoms with Crippen LogP contribution in [0.4, 0.5) is 15.8 Å². The second-order valence-electron chi connectivity index (χ2n) is 11.7. The number of anilines is 2. The molecule has 3 aromatic rings. The standard InChI is InChI=1S/C31H31ClFN3O3/c1-17(37)18-8-11-20(12-9-18)34-28(38)25-15-31(26(35-25)16-30(2,3)4)22-14-19(10-13-24(22)36-29(31)39)21-6-5-7-23(32)27(21)33/h5-14,25-26,35H,15-16H2,1-4H3,(H,34,38)(H,36,39). The van der Waals surface area contributed by atoms with Crippen molar-refractivity contribution in [2.24, 2.45) is 5.41 Å². The monoisotopic (exact) mass is 547 g/mol. The van der Waals surface area contributed by atoms with Gasteiger partial charge in [-0.05, 0) is 78.8 Å².